The van der Waals surface area contributed by atoms with Gasteiger partial charge < -0.3 is 10.4 Å². The number of rotatable bonds is 5. The van der Waals surface area contributed by atoms with Crippen LogP contribution < -0.4 is 5.32 Å². The molecule has 0 radical (unpaired) electrons. The highest BCUT2D eigenvalue weighted by Crippen LogP contribution is 2.14. The molecular weight excluding hydrogens is 261 g/mol. The first-order valence-electron chi connectivity index (χ1n) is 5.07. The molecule has 0 aliphatic rings. The zero-order valence-electron chi connectivity index (χ0n) is 9.60. The van der Waals surface area contributed by atoms with E-state index in [4.69, 9.17) is 5.11 Å². The van der Waals surface area contributed by atoms with Crippen molar-refractivity contribution in [3.05, 3.63) is 29.6 Å². The predicted octanol–water partition coefficient (Wildman–Crippen LogP) is 0.768. The van der Waals surface area contributed by atoms with Crippen molar-refractivity contribution in [2.24, 2.45) is 0 Å². The van der Waals surface area contributed by atoms with Gasteiger partial charge in [0.05, 0.1) is 16.4 Å². The molecule has 1 unspecified atom stereocenters. The van der Waals surface area contributed by atoms with Gasteiger partial charge in [0.25, 0.3) is 0 Å². The molecule has 1 aromatic carbocycles. The summed E-state index contributed by atoms with van der Waals surface area (Å²) < 4.78 is 24.9. The number of amides is 1. The van der Waals surface area contributed by atoms with Gasteiger partial charge >= 0.3 is 5.97 Å². The summed E-state index contributed by atoms with van der Waals surface area (Å²) in [5, 5.41) is 11.1. The number of carboxylic acids is 1. The van der Waals surface area contributed by atoms with E-state index in [0.717, 1.165) is 12.1 Å². The molecular formula is C11H12FNO4S. The van der Waals surface area contributed by atoms with Crippen LogP contribution in [0.5, 0.6) is 0 Å². The topological polar surface area (TPSA) is 83.5 Å². The Labute approximate surface area is 105 Å². The number of carbonyl (C=O) groups is 2. The second kappa shape index (κ2) is 6.25. The summed E-state index contributed by atoms with van der Waals surface area (Å²) in [6, 6.07) is 3.23. The van der Waals surface area contributed by atoms with Crippen LogP contribution in [0.1, 0.15) is 16.8 Å². The van der Waals surface area contributed by atoms with E-state index < -0.39 is 28.1 Å². The van der Waals surface area contributed by atoms with E-state index >= 15 is 0 Å². The van der Waals surface area contributed by atoms with Crippen LogP contribution in [0.2, 0.25) is 0 Å². The molecule has 18 heavy (non-hydrogen) atoms. The maximum absolute atomic E-state index is 13.1. The summed E-state index contributed by atoms with van der Waals surface area (Å²) in [6.45, 7) is 0. The van der Waals surface area contributed by atoms with Crippen molar-refractivity contribution in [2.75, 3.05) is 12.8 Å². The Kier molecular flexibility index (Phi) is 4.96. The van der Waals surface area contributed by atoms with Crippen molar-refractivity contribution >= 4 is 22.7 Å². The summed E-state index contributed by atoms with van der Waals surface area (Å²) in [5.41, 5.74) is -0.527. The lowest BCUT2D eigenvalue weighted by Crippen LogP contribution is -2.19. The Bertz CT molecular complexity index is 504. The number of carboxylic acid groups (broad SMARTS) is 1. The number of nitrogens with one attached hydrogen (secondary N) is 1. The summed E-state index contributed by atoms with van der Waals surface area (Å²) in [4.78, 5) is 21.9. The Balaban J connectivity index is 2.84. The predicted molar refractivity (Wildman–Crippen MR) is 63.3 cm³/mol. The smallest absolute Gasteiger partial charge is 0.338 e. The SMILES string of the molecule is CNC(=O)CCS(=O)c1ccc(F)c(C(=O)O)c1. The zero-order valence-corrected chi connectivity index (χ0v) is 10.4. The van der Waals surface area contributed by atoms with Gasteiger partial charge in [-0.1, -0.05) is 0 Å². The minimum absolute atomic E-state index is 0.0584. The number of benzene rings is 1. The van der Waals surface area contributed by atoms with Gasteiger partial charge in [0.15, 0.2) is 0 Å². The molecule has 0 saturated heterocycles. The first kappa shape index (κ1) is 14.3. The Morgan fingerprint density at radius 1 is 1.44 bits per heavy atom. The van der Waals surface area contributed by atoms with Gasteiger partial charge in [-0.3, -0.25) is 9.00 Å². The van der Waals surface area contributed by atoms with Crippen LogP contribution in [0.3, 0.4) is 0 Å². The number of aromatic carboxylic acids is 1. The molecule has 5 nitrogen and oxygen atoms in total. The fourth-order valence-electron chi connectivity index (χ4n) is 1.24. The van der Waals surface area contributed by atoms with Gasteiger partial charge in [0, 0.05) is 24.1 Å². The maximum atomic E-state index is 13.1. The second-order valence-electron chi connectivity index (χ2n) is 3.42. The van der Waals surface area contributed by atoms with Crippen molar-refractivity contribution < 1.29 is 23.3 Å². The van der Waals surface area contributed by atoms with Gasteiger partial charge in [-0.2, -0.15) is 0 Å². The molecule has 2 N–H and O–H groups in total. The molecule has 0 spiro atoms. The van der Waals surface area contributed by atoms with Crippen molar-refractivity contribution in [3.63, 3.8) is 0 Å². The lowest BCUT2D eigenvalue weighted by molar-refractivity contribution is -0.120. The van der Waals surface area contributed by atoms with Crippen LogP contribution in [-0.2, 0) is 15.6 Å². The minimum atomic E-state index is -1.53. The largest absolute Gasteiger partial charge is 0.478 e. The minimum Gasteiger partial charge on any atom is -0.478 e. The summed E-state index contributed by atoms with van der Waals surface area (Å²) in [7, 11) is -0.0675. The molecule has 1 aromatic rings. The molecule has 7 heteroatoms. The van der Waals surface area contributed by atoms with Gasteiger partial charge in [-0.15, -0.1) is 0 Å². The van der Waals surface area contributed by atoms with Crippen LogP contribution in [0.25, 0.3) is 0 Å². The van der Waals surface area contributed by atoms with E-state index in [1.807, 2.05) is 0 Å². The first-order valence-corrected chi connectivity index (χ1v) is 6.39. The van der Waals surface area contributed by atoms with Gasteiger partial charge in [-0.05, 0) is 18.2 Å². The van der Waals surface area contributed by atoms with Crippen LogP contribution >= 0.6 is 0 Å². The third kappa shape index (κ3) is 3.63. The third-order valence-corrected chi connectivity index (χ3v) is 3.58. The second-order valence-corrected chi connectivity index (χ2v) is 4.99. The fourth-order valence-corrected chi connectivity index (χ4v) is 2.31. The molecule has 1 amide bonds. The Morgan fingerprint density at radius 2 is 2.11 bits per heavy atom. The van der Waals surface area contributed by atoms with Gasteiger partial charge in [-0.25, -0.2) is 9.18 Å². The number of halogens is 1. The molecule has 0 aliphatic carbocycles. The molecule has 0 heterocycles. The van der Waals surface area contributed by atoms with E-state index in [9.17, 15) is 18.2 Å². The highest BCUT2D eigenvalue weighted by Gasteiger charge is 2.14. The lowest BCUT2D eigenvalue weighted by atomic mass is 10.2. The molecule has 1 atom stereocenters. The number of hydrogen-bond donors (Lipinski definition) is 2. The van der Waals surface area contributed by atoms with Crippen LogP contribution in [0, 0.1) is 5.82 Å². The van der Waals surface area contributed by atoms with E-state index in [0.29, 0.717) is 0 Å². The van der Waals surface area contributed by atoms with Gasteiger partial charge in [0.1, 0.15) is 5.82 Å². The van der Waals surface area contributed by atoms with Crippen molar-refractivity contribution in [1.82, 2.24) is 5.32 Å². The van der Waals surface area contributed by atoms with E-state index in [2.05, 4.69) is 5.32 Å². The molecule has 0 saturated carbocycles. The summed E-state index contributed by atoms with van der Waals surface area (Å²) in [6.07, 6.45) is 0.0584. The number of carbonyl (C=O) groups excluding carboxylic acids is 1. The average Bonchev–Trinajstić information content (AvgIpc) is 2.35. The van der Waals surface area contributed by atoms with Crippen LogP contribution in [-0.4, -0.2) is 34.0 Å². The third-order valence-electron chi connectivity index (χ3n) is 2.22. The highest BCUT2D eigenvalue weighted by molar-refractivity contribution is 7.85. The normalized spacial score (nSPS) is 11.9. The Hall–Kier alpha value is -1.76. The molecule has 1 rings (SSSR count). The maximum Gasteiger partial charge on any atom is 0.338 e. The lowest BCUT2D eigenvalue weighted by Gasteiger charge is -2.04. The zero-order chi connectivity index (χ0) is 13.7. The van der Waals surface area contributed by atoms with Crippen LogP contribution in [0.4, 0.5) is 4.39 Å². The van der Waals surface area contributed by atoms with Crippen molar-refractivity contribution in [3.8, 4) is 0 Å². The first-order chi connectivity index (χ1) is 8.45. The summed E-state index contributed by atoms with van der Waals surface area (Å²) in [5.74, 6) is -2.50. The molecule has 0 aromatic heterocycles. The van der Waals surface area contributed by atoms with Crippen LogP contribution in [0.15, 0.2) is 23.1 Å². The fraction of sp³-hybridized carbons (Fsp3) is 0.273. The average molecular weight is 273 g/mol. The Morgan fingerprint density at radius 3 is 2.67 bits per heavy atom. The summed E-state index contributed by atoms with van der Waals surface area (Å²) >= 11 is 0. The standard InChI is InChI=1S/C11H12FNO4S/c1-13-10(14)4-5-18(17)7-2-3-9(12)8(6-7)11(15)16/h2-3,6H,4-5H2,1H3,(H,13,14)(H,15,16). The van der Waals surface area contributed by atoms with E-state index in [-0.39, 0.29) is 23.0 Å². The van der Waals surface area contributed by atoms with E-state index in [1.165, 1.54) is 13.1 Å². The van der Waals surface area contributed by atoms with Crippen molar-refractivity contribution in [1.29, 1.82) is 0 Å². The monoisotopic (exact) mass is 273 g/mol. The van der Waals surface area contributed by atoms with Crippen molar-refractivity contribution in [2.45, 2.75) is 11.3 Å². The molecule has 98 valence electrons. The quantitative estimate of drug-likeness (QED) is 0.830. The van der Waals surface area contributed by atoms with Gasteiger partial charge in [0.2, 0.25) is 5.91 Å². The molecule has 0 fully saturated rings. The molecule has 0 aliphatic heterocycles. The highest BCUT2D eigenvalue weighted by atomic mass is 32.2. The number of hydrogen-bond acceptors (Lipinski definition) is 3. The molecule has 0 bridgehead atoms. The van der Waals surface area contributed by atoms with E-state index in [1.54, 1.807) is 0 Å².